The van der Waals surface area contributed by atoms with Crippen LogP contribution in [-0.2, 0) is 4.74 Å². The molecule has 0 amide bonds. The molecule has 0 saturated heterocycles. The largest absolute Gasteiger partial charge is 0.460 e. The Labute approximate surface area is 82.4 Å². The number of aromatic nitrogens is 2. The van der Waals surface area contributed by atoms with Crippen molar-refractivity contribution in [2.45, 2.75) is 33.1 Å². The Morgan fingerprint density at radius 3 is 2.86 bits per heavy atom. The first kappa shape index (κ1) is 10.7. The van der Waals surface area contributed by atoms with E-state index in [1.807, 2.05) is 13.8 Å². The average Bonchev–Trinajstić information content (AvgIpc) is 2.66. The van der Waals surface area contributed by atoms with Crippen molar-refractivity contribution in [1.82, 2.24) is 10.1 Å². The number of carbonyl (C=O) groups is 1. The Morgan fingerprint density at radius 2 is 2.29 bits per heavy atom. The Kier molecular flexibility index (Phi) is 3.62. The van der Waals surface area contributed by atoms with Crippen LogP contribution in [0.25, 0.3) is 0 Å². The van der Waals surface area contributed by atoms with Crippen molar-refractivity contribution < 1.29 is 14.1 Å². The zero-order valence-electron chi connectivity index (χ0n) is 8.61. The summed E-state index contributed by atoms with van der Waals surface area (Å²) in [7, 11) is 0. The number of carbonyl (C=O) groups excluding carboxylic acids is 1. The maximum absolute atomic E-state index is 11.2. The van der Waals surface area contributed by atoms with Gasteiger partial charge in [0, 0.05) is 5.92 Å². The SMILES string of the molecule is CCOC(=O)c1noc(C(C)CC)n1. The smallest absolute Gasteiger partial charge is 0.379 e. The van der Waals surface area contributed by atoms with Gasteiger partial charge >= 0.3 is 5.97 Å². The first-order valence-corrected chi connectivity index (χ1v) is 4.69. The highest BCUT2D eigenvalue weighted by Gasteiger charge is 2.18. The zero-order chi connectivity index (χ0) is 10.6. The van der Waals surface area contributed by atoms with E-state index in [4.69, 9.17) is 9.26 Å². The second-order valence-electron chi connectivity index (χ2n) is 2.99. The molecule has 0 aromatic carbocycles. The second kappa shape index (κ2) is 4.74. The number of hydrogen-bond acceptors (Lipinski definition) is 5. The Morgan fingerprint density at radius 1 is 1.57 bits per heavy atom. The molecule has 0 fully saturated rings. The minimum Gasteiger partial charge on any atom is -0.460 e. The highest BCUT2D eigenvalue weighted by atomic mass is 16.5. The predicted octanol–water partition coefficient (Wildman–Crippen LogP) is 1.76. The molecule has 0 N–H and O–H groups in total. The van der Waals surface area contributed by atoms with Crippen molar-refractivity contribution in [2.24, 2.45) is 0 Å². The minimum atomic E-state index is -0.536. The van der Waals surface area contributed by atoms with Crippen molar-refractivity contribution >= 4 is 5.97 Å². The summed E-state index contributed by atoms with van der Waals surface area (Å²) in [6, 6.07) is 0. The van der Waals surface area contributed by atoms with E-state index in [2.05, 4.69) is 10.1 Å². The maximum atomic E-state index is 11.2. The van der Waals surface area contributed by atoms with E-state index in [1.165, 1.54) is 0 Å². The van der Waals surface area contributed by atoms with Crippen molar-refractivity contribution in [3.05, 3.63) is 11.7 Å². The van der Waals surface area contributed by atoms with Crippen molar-refractivity contribution in [3.8, 4) is 0 Å². The first-order valence-electron chi connectivity index (χ1n) is 4.69. The van der Waals surface area contributed by atoms with Crippen molar-refractivity contribution in [2.75, 3.05) is 6.61 Å². The van der Waals surface area contributed by atoms with E-state index >= 15 is 0 Å². The van der Waals surface area contributed by atoms with Crippen LogP contribution in [0.2, 0.25) is 0 Å². The first-order chi connectivity index (χ1) is 6.69. The fraction of sp³-hybridized carbons (Fsp3) is 0.667. The molecule has 1 aromatic rings. The highest BCUT2D eigenvalue weighted by Crippen LogP contribution is 2.15. The lowest BCUT2D eigenvalue weighted by molar-refractivity contribution is 0.0508. The van der Waals surface area contributed by atoms with Crippen LogP contribution in [0.5, 0.6) is 0 Å². The van der Waals surface area contributed by atoms with Crippen LogP contribution < -0.4 is 0 Å². The number of esters is 1. The molecule has 5 heteroatoms. The van der Waals surface area contributed by atoms with E-state index in [1.54, 1.807) is 6.92 Å². The summed E-state index contributed by atoms with van der Waals surface area (Å²) in [6.07, 6.45) is 0.893. The van der Waals surface area contributed by atoms with Gasteiger partial charge in [0.2, 0.25) is 5.89 Å². The number of ether oxygens (including phenoxy) is 1. The fourth-order valence-corrected chi connectivity index (χ4v) is 0.889. The molecule has 1 rings (SSSR count). The Balaban J connectivity index is 2.72. The predicted molar refractivity (Wildman–Crippen MR) is 49.0 cm³/mol. The van der Waals surface area contributed by atoms with Gasteiger partial charge in [-0.25, -0.2) is 4.79 Å². The van der Waals surface area contributed by atoms with Gasteiger partial charge in [0.05, 0.1) is 6.61 Å². The standard InChI is InChI=1S/C9H14N2O3/c1-4-6(3)8-10-7(11-14-8)9(12)13-5-2/h6H,4-5H2,1-3H3. The van der Waals surface area contributed by atoms with Gasteiger partial charge < -0.3 is 9.26 Å². The molecular weight excluding hydrogens is 184 g/mol. The summed E-state index contributed by atoms with van der Waals surface area (Å²) < 4.78 is 9.65. The van der Waals surface area contributed by atoms with Crippen LogP contribution in [0.4, 0.5) is 0 Å². The van der Waals surface area contributed by atoms with Gasteiger partial charge in [-0.2, -0.15) is 4.98 Å². The van der Waals surface area contributed by atoms with Crippen LogP contribution in [0.3, 0.4) is 0 Å². The van der Waals surface area contributed by atoms with Crippen molar-refractivity contribution in [3.63, 3.8) is 0 Å². The minimum absolute atomic E-state index is 0.00199. The third kappa shape index (κ3) is 2.31. The fourth-order valence-electron chi connectivity index (χ4n) is 0.889. The summed E-state index contributed by atoms with van der Waals surface area (Å²) in [5, 5.41) is 3.54. The molecule has 78 valence electrons. The van der Waals surface area contributed by atoms with Crippen LogP contribution in [-0.4, -0.2) is 22.7 Å². The van der Waals surface area contributed by atoms with Gasteiger partial charge in [0.1, 0.15) is 0 Å². The molecule has 0 bridgehead atoms. The molecule has 1 unspecified atom stereocenters. The third-order valence-corrected chi connectivity index (χ3v) is 1.93. The highest BCUT2D eigenvalue weighted by molar-refractivity contribution is 5.84. The normalized spacial score (nSPS) is 12.5. The molecule has 0 aliphatic heterocycles. The van der Waals surface area contributed by atoms with Crippen LogP contribution in [0, 0.1) is 0 Å². The van der Waals surface area contributed by atoms with Crippen LogP contribution in [0.15, 0.2) is 4.52 Å². The van der Waals surface area contributed by atoms with E-state index in [9.17, 15) is 4.79 Å². The quantitative estimate of drug-likeness (QED) is 0.689. The van der Waals surface area contributed by atoms with E-state index in [0.717, 1.165) is 6.42 Å². The summed E-state index contributed by atoms with van der Waals surface area (Å²) in [5.74, 6) is 0.120. The third-order valence-electron chi connectivity index (χ3n) is 1.93. The van der Waals surface area contributed by atoms with Gasteiger partial charge in [-0.1, -0.05) is 13.8 Å². The number of hydrogen-bond donors (Lipinski definition) is 0. The number of rotatable bonds is 4. The summed E-state index contributed by atoms with van der Waals surface area (Å²) in [6.45, 7) is 6.01. The van der Waals surface area contributed by atoms with Gasteiger partial charge in [-0.3, -0.25) is 0 Å². The van der Waals surface area contributed by atoms with Gasteiger partial charge in [-0.05, 0) is 18.5 Å². The van der Waals surface area contributed by atoms with Gasteiger partial charge in [0.15, 0.2) is 0 Å². The molecule has 0 aliphatic rings. The summed E-state index contributed by atoms with van der Waals surface area (Å²) >= 11 is 0. The van der Waals surface area contributed by atoms with E-state index in [0.29, 0.717) is 12.5 Å². The molecule has 0 spiro atoms. The van der Waals surface area contributed by atoms with Crippen LogP contribution in [0.1, 0.15) is 49.6 Å². The van der Waals surface area contributed by atoms with Crippen molar-refractivity contribution in [1.29, 1.82) is 0 Å². The van der Waals surface area contributed by atoms with Crippen LogP contribution >= 0.6 is 0 Å². The Bertz CT molecular complexity index is 309. The molecular formula is C9H14N2O3. The van der Waals surface area contributed by atoms with Gasteiger partial charge in [-0.15, -0.1) is 0 Å². The monoisotopic (exact) mass is 198 g/mol. The lowest BCUT2D eigenvalue weighted by atomic mass is 10.1. The molecule has 0 aliphatic carbocycles. The lowest BCUT2D eigenvalue weighted by Gasteiger charge is -1.98. The Hall–Kier alpha value is -1.39. The number of nitrogens with zero attached hydrogens (tertiary/aromatic N) is 2. The second-order valence-corrected chi connectivity index (χ2v) is 2.99. The molecule has 14 heavy (non-hydrogen) atoms. The molecule has 1 atom stereocenters. The molecule has 5 nitrogen and oxygen atoms in total. The lowest BCUT2D eigenvalue weighted by Crippen LogP contribution is -2.06. The average molecular weight is 198 g/mol. The summed E-state index contributed by atoms with van der Waals surface area (Å²) in [4.78, 5) is 15.1. The van der Waals surface area contributed by atoms with Gasteiger partial charge in [0.25, 0.3) is 5.82 Å². The van der Waals surface area contributed by atoms with E-state index in [-0.39, 0.29) is 11.7 Å². The molecule has 0 radical (unpaired) electrons. The molecule has 1 aromatic heterocycles. The maximum Gasteiger partial charge on any atom is 0.379 e. The molecule has 1 heterocycles. The topological polar surface area (TPSA) is 65.2 Å². The summed E-state index contributed by atoms with van der Waals surface area (Å²) in [5.41, 5.74) is 0. The molecule has 0 saturated carbocycles. The van der Waals surface area contributed by atoms with E-state index < -0.39 is 5.97 Å². The zero-order valence-corrected chi connectivity index (χ0v) is 8.61.